The molecular weight excluding hydrogens is 334 g/mol. The van der Waals surface area contributed by atoms with E-state index in [-0.39, 0.29) is 0 Å². The van der Waals surface area contributed by atoms with Crippen molar-refractivity contribution >= 4 is 6.01 Å². The van der Waals surface area contributed by atoms with Crippen LogP contribution in [0.25, 0.3) is 11.4 Å². The summed E-state index contributed by atoms with van der Waals surface area (Å²) < 4.78 is 18.6. The monoisotopic (exact) mass is 355 g/mol. The van der Waals surface area contributed by atoms with Gasteiger partial charge in [-0.05, 0) is 19.1 Å². The predicted molar refractivity (Wildman–Crippen MR) is 95.0 cm³/mol. The summed E-state index contributed by atoms with van der Waals surface area (Å²) in [6, 6.07) is 8.08. The van der Waals surface area contributed by atoms with E-state index < -0.39 is 5.60 Å². The molecule has 8 nitrogen and oxygen atoms in total. The van der Waals surface area contributed by atoms with Gasteiger partial charge in [0.1, 0.15) is 11.4 Å². The molecule has 1 saturated heterocycles. The van der Waals surface area contributed by atoms with Crippen LogP contribution in [0.2, 0.25) is 0 Å². The van der Waals surface area contributed by atoms with Crippen LogP contribution in [0.1, 0.15) is 12.5 Å². The van der Waals surface area contributed by atoms with E-state index in [1.165, 1.54) is 0 Å². The van der Waals surface area contributed by atoms with Gasteiger partial charge in [-0.3, -0.25) is 4.68 Å². The smallest absolute Gasteiger partial charge is 0.324 e. The van der Waals surface area contributed by atoms with E-state index in [0.29, 0.717) is 31.5 Å². The number of hydrogen-bond acceptors (Lipinski definition) is 7. The van der Waals surface area contributed by atoms with Crippen LogP contribution in [0.5, 0.6) is 5.75 Å². The lowest BCUT2D eigenvalue weighted by Crippen LogP contribution is -2.48. The fourth-order valence-corrected chi connectivity index (χ4v) is 3.13. The number of rotatable bonds is 4. The van der Waals surface area contributed by atoms with Gasteiger partial charge < -0.3 is 18.9 Å². The number of ether oxygens (including phenoxy) is 2. The lowest BCUT2D eigenvalue weighted by atomic mass is 9.97. The topological polar surface area (TPSA) is 78.4 Å². The maximum absolute atomic E-state index is 6.04. The van der Waals surface area contributed by atoms with E-state index in [0.717, 1.165) is 16.9 Å². The van der Waals surface area contributed by atoms with Crippen LogP contribution in [0.4, 0.5) is 6.01 Å². The molecular formula is C18H21N5O3. The zero-order valence-electron chi connectivity index (χ0n) is 15.0. The fourth-order valence-electron chi connectivity index (χ4n) is 3.13. The largest absolute Gasteiger partial charge is 0.497 e. The van der Waals surface area contributed by atoms with Gasteiger partial charge in [0.25, 0.3) is 0 Å². The van der Waals surface area contributed by atoms with E-state index >= 15 is 0 Å². The lowest BCUT2D eigenvalue weighted by Gasteiger charge is -2.39. The maximum atomic E-state index is 6.04. The SMILES string of the molecule is COc1cccc(-c2noc(N3CCOC(C)(c4cnn(C)c4)C3)n2)c1. The number of nitrogens with zero attached hydrogens (tertiary/aromatic N) is 5. The summed E-state index contributed by atoms with van der Waals surface area (Å²) in [7, 11) is 3.53. The first-order chi connectivity index (χ1) is 12.6. The highest BCUT2D eigenvalue weighted by atomic mass is 16.5. The molecule has 0 aliphatic carbocycles. The summed E-state index contributed by atoms with van der Waals surface area (Å²) in [5.41, 5.74) is 1.40. The molecule has 136 valence electrons. The van der Waals surface area contributed by atoms with E-state index in [4.69, 9.17) is 14.0 Å². The Morgan fingerprint density at radius 2 is 2.19 bits per heavy atom. The average Bonchev–Trinajstić information content (AvgIpc) is 3.31. The van der Waals surface area contributed by atoms with Crippen molar-refractivity contribution in [2.75, 3.05) is 31.7 Å². The highest BCUT2D eigenvalue weighted by Gasteiger charge is 2.36. The van der Waals surface area contributed by atoms with E-state index in [1.807, 2.05) is 48.6 Å². The molecule has 0 radical (unpaired) electrons. The quantitative estimate of drug-likeness (QED) is 0.710. The molecule has 0 bridgehead atoms. The van der Waals surface area contributed by atoms with Gasteiger partial charge >= 0.3 is 6.01 Å². The summed E-state index contributed by atoms with van der Waals surface area (Å²) in [4.78, 5) is 6.61. The molecule has 2 aromatic heterocycles. The van der Waals surface area contributed by atoms with Gasteiger partial charge in [-0.25, -0.2) is 0 Å². The van der Waals surface area contributed by atoms with Crippen molar-refractivity contribution in [3.8, 4) is 17.1 Å². The molecule has 0 amide bonds. The first kappa shape index (κ1) is 16.6. The van der Waals surface area contributed by atoms with Crippen molar-refractivity contribution in [1.29, 1.82) is 0 Å². The molecule has 0 spiro atoms. The lowest BCUT2D eigenvalue weighted by molar-refractivity contribution is -0.0480. The minimum atomic E-state index is -0.475. The molecule has 3 heterocycles. The number of morpholine rings is 1. The highest BCUT2D eigenvalue weighted by Crippen LogP contribution is 2.32. The van der Waals surface area contributed by atoms with Crippen molar-refractivity contribution in [1.82, 2.24) is 19.9 Å². The van der Waals surface area contributed by atoms with Gasteiger partial charge in [0, 0.05) is 30.9 Å². The van der Waals surface area contributed by atoms with Gasteiger partial charge in [-0.2, -0.15) is 10.1 Å². The van der Waals surface area contributed by atoms with Crippen molar-refractivity contribution in [3.63, 3.8) is 0 Å². The first-order valence-electron chi connectivity index (χ1n) is 8.43. The minimum absolute atomic E-state index is 0.475. The third-order valence-corrected chi connectivity index (χ3v) is 4.60. The number of methoxy groups -OCH3 is 1. The number of hydrogen-bond donors (Lipinski definition) is 0. The van der Waals surface area contributed by atoms with Crippen molar-refractivity contribution in [2.24, 2.45) is 7.05 Å². The first-order valence-corrected chi connectivity index (χ1v) is 8.43. The second-order valence-corrected chi connectivity index (χ2v) is 6.54. The number of anilines is 1. The summed E-state index contributed by atoms with van der Waals surface area (Å²) in [6.45, 7) is 3.92. The van der Waals surface area contributed by atoms with Crippen LogP contribution in [0, 0.1) is 0 Å². The molecule has 3 aromatic rings. The summed E-state index contributed by atoms with van der Waals surface area (Å²) in [5, 5.41) is 8.37. The Morgan fingerprint density at radius 1 is 1.31 bits per heavy atom. The standard InChI is InChI=1S/C18H21N5O3/c1-18(14-10-19-22(2)11-14)12-23(7-8-25-18)17-20-16(21-26-17)13-5-4-6-15(9-13)24-3/h4-6,9-11H,7-8,12H2,1-3H3. The number of aryl methyl sites for hydroxylation is 1. The molecule has 4 rings (SSSR count). The van der Waals surface area contributed by atoms with Crippen molar-refractivity contribution < 1.29 is 14.0 Å². The molecule has 26 heavy (non-hydrogen) atoms. The fraction of sp³-hybridized carbons (Fsp3) is 0.389. The third kappa shape index (κ3) is 3.03. The van der Waals surface area contributed by atoms with Crippen LogP contribution < -0.4 is 9.64 Å². The second kappa shape index (κ2) is 6.45. The molecule has 1 atom stereocenters. The Morgan fingerprint density at radius 3 is 2.96 bits per heavy atom. The molecule has 8 heteroatoms. The van der Waals surface area contributed by atoms with E-state index in [2.05, 4.69) is 22.2 Å². The molecule has 0 saturated carbocycles. The Kier molecular flexibility index (Phi) is 4.12. The van der Waals surface area contributed by atoms with E-state index in [9.17, 15) is 0 Å². The molecule has 1 aliphatic heterocycles. The Labute approximate surface area is 151 Å². The van der Waals surface area contributed by atoms with Gasteiger partial charge in [0.2, 0.25) is 5.82 Å². The summed E-state index contributed by atoms with van der Waals surface area (Å²) >= 11 is 0. The van der Waals surface area contributed by atoms with Gasteiger partial charge in [0.15, 0.2) is 0 Å². The van der Waals surface area contributed by atoms with Gasteiger partial charge in [-0.15, -0.1) is 0 Å². The Hall–Kier alpha value is -2.87. The third-order valence-electron chi connectivity index (χ3n) is 4.60. The average molecular weight is 355 g/mol. The zero-order valence-corrected chi connectivity index (χ0v) is 15.0. The maximum Gasteiger partial charge on any atom is 0.324 e. The highest BCUT2D eigenvalue weighted by molar-refractivity contribution is 5.58. The zero-order chi connectivity index (χ0) is 18.1. The predicted octanol–water partition coefficient (Wildman–Crippen LogP) is 2.23. The normalized spacial score (nSPS) is 20.3. The van der Waals surface area contributed by atoms with Crippen LogP contribution in [-0.4, -0.2) is 46.7 Å². The molecule has 1 fully saturated rings. The van der Waals surface area contributed by atoms with Crippen LogP contribution >= 0.6 is 0 Å². The Bertz CT molecular complexity index is 906. The van der Waals surface area contributed by atoms with Gasteiger partial charge in [0.05, 0.1) is 26.5 Å². The van der Waals surface area contributed by atoms with Gasteiger partial charge in [-0.1, -0.05) is 17.3 Å². The second-order valence-electron chi connectivity index (χ2n) is 6.54. The Balaban J connectivity index is 1.57. The van der Waals surface area contributed by atoms with E-state index in [1.54, 1.807) is 11.8 Å². The number of benzene rings is 1. The van der Waals surface area contributed by atoms with Crippen LogP contribution in [-0.2, 0) is 17.4 Å². The molecule has 1 aromatic carbocycles. The molecule has 0 N–H and O–H groups in total. The summed E-state index contributed by atoms with van der Waals surface area (Å²) in [5.74, 6) is 1.29. The van der Waals surface area contributed by atoms with Crippen molar-refractivity contribution in [3.05, 3.63) is 42.2 Å². The molecule has 1 unspecified atom stereocenters. The minimum Gasteiger partial charge on any atom is -0.497 e. The summed E-state index contributed by atoms with van der Waals surface area (Å²) in [6.07, 6.45) is 3.80. The van der Waals surface area contributed by atoms with Crippen molar-refractivity contribution in [2.45, 2.75) is 12.5 Å². The molecule has 1 aliphatic rings. The number of aromatic nitrogens is 4. The van der Waals surface area contributed by atoms with Crippen LogP contribution in [0.15, 0.2) is 41.2 Å². The van der Waals surface area contributed by atoms with Crippen LogP contribution in [0.3, 0.4) is 0 Å².